The smallest absolute Gasteiger partial charge is 0.194 e. The summed E-state index contributed by atoms with van der Waals surface area (Å²) in [6.07, 6.45) is 0. The summed E-state index contributed by atoms with van der Waals surface area (Å²) in [4.78, 5) is 12.3. The van der Waals surface area contributed by atoms with Crippen LogP contribution in [-0.2, 0) is 0 Å². The zero-order valence-corrected chi connectivity index (χ0v) is 11.8. The van der Waals surface area contributed by atoms with E-state index in [4.69, 9.17) is 11.6 Å². The van der Waals surface area contributed by atoms with E-state index in [0.29, 0.717) is 16.1 Å². The lowest BCUT2D eigenvalue weighted by atomic mass is 9.99. The van der Waals surface area contributed by atoms with E-state index in [2.05, 4.69) is 15.9 Å². The van der Waals surface area contributed by atoms with E-state index in [1.54, 1.807) is 31.2 Å². The van der Waals surface area contributed by atoms with Gasteiger partial charge in [0.15, 0.2) is 5.78 Å². The van der Waals surface area contributed by atoms with Crippen molar-refractivity contribution in [3.05, 3.63) is 68.4 Å². The van der Waals surface area contributed by atoms with Gasteiger partial charge in [-0.1, -0.05) is 33.6 Å². The number of hydrogen-bond acceptors (Lipinski definition) is 1. The Balaban J connectivity index is 2.51. The van der Waals surface area contributed by atoms with Crippen molar-refractivity contribution in [3.8, 4) is 0 Å². The molecule has 0 spiro atoms. The fourth-order valence-corrected chi connectivity index (χ4v) is 2.42. The summed E-state index contributed by atoms with van der Waals surface area (Å²) < 4.78 is 14.0. The van der Waals surface area contributed by atoms with E-state index in [0.717, 1.165) is 10.0 Å². The Bertz CT molecular complexity index is 625. The predicted octanol–water partition coefficient (Wildman–Crippen LogP) is 4.78. The molecule has 0 aromatic heterocycles. The van der Waals surface area contributed by atoms with Gasteiger partial charge in [0.2, 0.25) is 0 Å². The van der Waals surface area contributed by atoms with Crippen LogP contribution in [0.15, 0.2) is 40.9 Å². The molecule has 0 radical (unpaired) electrons. The Hall–Kier alpha value is -1.19. The van der Waals surface area contributed by atoms with Crippen molar-refractivity contribution in [2.75, 3.05) is 0 Å². The molecule has 2 aromatic carbocycles. The summed E-state index contributed by atoms with van der Waals surface area (Å²) >= 11 is 9.29. The highest BCUT2D eigenvalue weighted by atomic mass is 79.9. The van der Waals surface area contributed by atoms with Crippen LogP contribution >= 0.6 is 27.5 Å². The highest BCUT2D eigenvalue weighted by Gasteiger charge is 2.15. The average Bonchev–Trinajstić information content (AvgIpc) is 2.31. The van der Waals surface area contributed by atoms with Crippen LogP contribution in [0.1, 0.15) is 21.5 Å². The Morgan fingerprint density at radius 3 is 2.56 bits per heavy atom. The molecule has 0 aliphatic carbocycles. The van der Waals surface area contributed by atoms with Gasteiger partial charge in [0.1, 0.15) is 5.82 Å². The topological polar surface area (TPSA) is 17.1 Å². The van der Waals surface area contributed by atoms with Crippen LogP contribution in [0.4, 0.5) is 4.39 Å². The van der Waals surface area contributed by atoms with Crippen LogP contribution in [0.5, 0.6) is 0 Å². The number of aryl methyl sites for hydroxylation is 1. The van der Waals surface area contributed by atoms with Gasteiger partial charge in [-0.05, 0) is 42.8 Å². The maximum absolute atomic E-state index is 13.2. The third kappa shape index (κ3) is 2.62. The van der Waals surface area contributed by atoms with Gasteiger partial charge in [-0.2, -0.15) is 0 Å². The lowest BCUT2D eigenvalue weighted by Gasteiger charge is -2.07. The lowest BCUT2D eigenvalue weighted by Crippen LogP contribution is -2.05. The number of rotatable bonds is 2. The summed E-state index contributed by atoms with van der Waals surface area (Å²) in [5, 5.41) is 0.345. The number of carbonyl (C=O) groups excluding carboxylic acids is 1. The van der Waals surface area contributed by atoms with Gasteiger partial charge in [0.05, 0.1) is 5.02 Å². The standard InChI is InChI=1S/C14H9BrClFO/c1-8-2-4-10(17)7-12(8)14(18)11-5-3-9(15)6-13(11)16/h2-7H,1H3. The summed E-state index contributed by atoms with van der Waals surface area (Å²) in [7, 11) is 0. The molecule has 18 heavy (non-hydrogen) atoms. The number of halogens is 3. The molecule has 0 aliphatic heterocycles. The average molecular weight is 328 g/mol. The van der Waals surface area contributed by atoms with Crippen LogP contribution in [0, 0.1) is 12.7 Å². The van der Waals surface area contributed by atoms with Crippen molar-refractivity contribution in [3.63, 3.8) is 0 Å². The van der Waals surface area contributed by atoms with Crippen molar-refractivity contribution in [1.82, 2.24) is 0 Å². The van der Waals surface area contributed by atoms with Crippen LogP contribution in [-0.4, -0.2) is 5.78 Å². The maximum atomic E-state index is 13.2. The second kappa shape index (κ2) is 5.21. The van der Waals surface area contributed by atoms with Gasteiger partial charge >= 0.3 is 0 Å². The Kier molecular flexibility index (Phi) is 3.83. The van der Waals surface area contributed by atoms with Crippen molar-refractivity contribution in [1.29, 1.82) is 0 Å². The monoisotopic (exact) mass is 326 g/mol. The highest BCUT2D eigenvalue weighted by molar-refractivity contribution is 9.10. The van der Waals surface area contributed by atoms with E-state index < -0.39 is 5.82 Å². The van der Waals surface area contributed by atoms with Gasteiger partial charge in [0.25, 0.3) is 0 Å². The predicted molar refractivity (Wildman–Crippen MR) is 73.7 cm³/mol. The fourth-order valence-electron chi connectivity index (χ4n) is 1.66. The van der Waals surface area contributed by atoms with E-state index in [1.165, 1.54) is 12.1 Å². The zero-order chi connectivity index (χ0) is 13.3. The minimum atomic E-state index is -0.433. The molecule has 0 amide bonds. The summed E-state index contributed by atoms with van der Waals surface area (Å²) in [5.74, 6) is -0.707. The summed E-state index contributed by atoms with van der Waals surface area (Å²) in [6, 6.07) is 9.14. The molecule has 0 unspecified atom stereocenters. The van der Waals surface area contributed by atoms with Gasteiger partial charge in [0, 0.05) is 15.6 Å². The van der Waals surface area contributed by atoms with Crippen LogP contribution in [0.2, 0.25) is 5.02 Å². The number of benzene rings is 2. The molecule has 0 fully saturated rings. The largest absolute Gasteiger partial charge is 0.289 e. The van der Waals surface area contributed by atoms with Crippen LogP contribution in [0.3, 0.4) is 0 Å². The molecule has 1 nitrogen and oxygen atoms in total. The summed E-state index contributed by atoms with van der Waals surface area (Å²) in [5.41, 5.74) is 1.42. The second-order valence-electron chi connectivity index (χ2n) is 3.91. The molecular weight excluding hydrogens is 319 g/mol. The van der Waals surface area contributed by atoms with E-state index >= 15 is 0 Å². The van der Waals surface area contributed by atoms with Gasteiger partial charge in [-0.15, -0.1) is 0 Å². The molecule has 2 rings (SSSR count). The Morgan fingerprint density at radius 1 is 1.17 bits per heavy atom. The molecule has 0 saturated heterocycles. The highest BCUT2D eigenvalue weighted by Crippen LogP contribution is 2.25. The summed E-state index contributed by atoms with van der Waals surface area (Å²) in [6.45, 7) is 1.76. The number of ketones is 1. The molecule has 0 saturated carbocycles. The third-order valence-corrected chi connectivity index (χ3v) is 3.43. The number of carbonyl (C=O) groups is 1. The molecule has 0 heterocycles. The van der Waals surface area contributed by atoms with Crippen LogP contribution in [0.25, 0.3) is 0 Å². The molecule has 0 N–H and O–H groups in total. The van der Waals surface area contributed by atoms with Crippen molar-refractivity contribution >= 4 is 33.3 Å². The maximum Gasteiger partial charge on any atom is 0.194 e. The second-order valence-corrected chi connectivity index (χ2v) is 5.24. The van der Waals surface area contributed by atoms with Gasteiger partial charge < -0.3 is 0 Å². The van der Waals surface area contributed by atoms with E-state index in [-0.39, 0.29) is 5.78 Å². The SMILES string of the molecule is Cc1ccc(F)cc1C(=O)c1ccc(Br)cc1Cl. The Labute approximate surface area is 118 Å². The van der Waals surface area contributed by atoms with Crippen molar-refractivity contribution in [2.45, 2.75) is 6.92 Å². The van der Waals surface area contributed by atoms with Gasteiger partial charge in [-0.25, -0.2) is 4.39 Å². The van der Waals surface area contributed by atoms with Gasteiger partial charge in [-0.3, -0.25) is 4.79 Å². The molecule has 92 valence electrons. The van der Waals surface area contributed by atoms with E-state index in [9.17, 15) is 9.18 Å². The quantitative estimate of drug-likeness (QED) is 0.725. The minimum Gasteiger partial charge on any atom is -0.289 e. The van der Waals surface area contributed by atoms with Crippen molar-refractivity contribution in [2.24, 2.45) is 0 Å². The van der Waals surface area contributed by atoms with Crippen LogP contribution < -0.4 is 0 Å². The zero-order valence-electron chi connectivity index (χ0n) is 9.51. The molecule has 0 aliphatic rings. The van der Waals surface area contributed by atoms with E-state index in [1.807, 2.05) is 0 Å². The molecule has 2 aromatic rings. The molecular formula is C14H9BrClFO. The first-order chi connectivity index (χ1) is 8.49. The molecule has 0 atom stereocenters. The molecule has 0 bridgehead atoms. The minimum absolute atomic E-state index is 0.274. The molecule has 4 heteroatoms. The lowest BCUT2D eigenvalue weighted by molar-refractivity contribution is 0.103. The first-order valence-electron chi connectivity index (χ1n) is 5.25. The Morgan fingerprint density at radius 2 is 1.89 bits per heavy atom. The van der Waals surface area contributed by atoms with Crippen molar-refractivity contribution < 1.29 is 9.18 Å². The first-order valence-corrected chi connectivity index (χ1v) is 6.42. The number of hydrogen-bond donors (Lipinski definition) is 0. The first kappa shape index (κ1) is 13.2. The fraction of sp³-hybridized carbons (Fsp3) is 0.0714. The normalized spacial score (nSPS) is 10.4. The third-order valence-electron chi connectivity index (χ3n) is 2.62.